The van der Waals surface area contributed by atoms with E-state index in [1.54, 1.807) is 0 Å². The number of hydrogen-bond acceptors (Lipinski definition) is 5. The van der Waals surface area contributed by atoms with E-state index >= 15 is 0 Å². The summed E-state index contributed by atoms with van der Waals surface area (Å²) in [5.41, 5.74) is 1.35. The van der Waals surface area contributed by atoms with Gasteiger partial charge >= 0.3 is 0 Å². The van der Waals surface area contributed by atoms with E-state index < -0.39 is 0 Å². The van der Waals surface area contributed by atoms with E-state index in [0.717, 1.165) is 39.3 Å². The normalized spacial score (nSPS) is 22.9. The van der Waals surface area contributed by atoms with Crippen molar-refractivity contribution in [3.63, 3.8) is 0 Å². The molecule has 20 heavy (non-hydrogen) atoms. The number of thioether (sulfide) groups is 1. The van der Waals surface area contributed by atoms with Crippen molar-refractivity contribution in [2.45, 2.75) is 25.1 Å². The first-order chi connectivity index (χ1) is 9.62. The molecule has 0 radical (unpaired) electrons. The van der Waals surface area contributed by atoms with Crippen molar-refractivity contribution in [3.05, 3.63) is 30.1 Å². The van der Waals surface area contributed by atoms with Gasteiger partial charge in [0.15, 0.2) is 5.17 Å². The summed E-state index contributed by atoms with van der Waals surface area (Å²) in [6.07, 6.45) is 3.75. The molecule has 0 N–H and O–H groups in total. The van der Waals surface area contributed by atoms with Gasteiger partial charge in [-0.3, -0.25) is 14.9 Å². The molecule has 3 rings (SSSR count). The van der Waals surface area contributed by atoms with E-state index in [-0.39, 0.29) is 4.75 Å². The smallest absolute Gasteiger partial charge is 0.159 e. The highest BCUT2D eigenvalue weighted by atomic mass is 32.2. The van der Waals surface area contributed by atoms with Gasteiger partial charge < -0.3 is 4.90 Å². The number of nitrogens with zero attached hydrogens (tertiary/aromatic N) is 4. The van der Waals surface area contributed by atoms with E-state index in [1.165, 1.54) is 10.7 Å². The number of piperazine rings is 1. The molecule has 3 heterocycles. The topological polar surface area (TPSA) is 31.7 Å². The highest BCUT2D eigenvalue weighted by Gasteiger charge is 2.31. The fourth-order valence-corrected chi connectivity index (χ4v) is 3.64. The molecule has 4 nitrogen and oxygen atoms in total. The summed E-state index contributed by atoms with van der Waals surface area (Å²) in [5, 5.41) is 1.25. The third-order valence-corrected chi connectivity index (χ3v) is 5.01. The lowest BCUT2D eigenvalue weighted by molar-refractivity contribution is 0.177. The van der Waals surface area contributed by atoms with Gasteiger partial charge in [-0.25, -0.2) is 0 Å². The maximum absolute atomic E-state index is 4.70. The zero-order valence-electron chi connectivity index (χ0n) is 12.2. The highest BCUT2D eigenvalue weighted by molar-refractivity contribution is 8.15. The minimum atomic E-state index is 0.281. The fourth-order valence-electron chi connectivity index (χ4n) is 2.58. The molecule has 0 amide bonds. The number of pyridine rings is 1. The number of aliphatic imine (C=N–C) groups is 1. The average molecular weight is 290 g/mol. The van der Waals surface area contributed by atoms with E-state index in [4.69, 9.17) is 4.99 Å². The molecule has 0 bridgehead atoms. The molecule has 1 fully saturated rings. The Hall–Kier alpha value is -1.07. The van der Waals surface area contributed by atoms with Crippen molar-refractivity contribution < 1.29 is 0 Å². The number of aromatic nitrogens is 1. The lowest BCUT2D eigenvalue weighted by Gasteiger charge is -2.36. The molecule has 5 heteroatoms. The quantitative estimate of drug-likeness (QED) is 0.834. The number of amidine groups is 1. The summed E-state index contributed by atoms with van der Waals surface area (Å²) >= 11 is 1.93. The second-order valence-corrected chi connectivity index (χ2v) is 7.75. The Morgan fingerprint density at radius 1 is 1.15 bits per heavy atom. The van der Waals surface area contributed by atoms with E-state index in [2.05, 4.69) is 40.8 Å². The van der Waals surface area contributed by atoms with E-state index in [1.807, 2.05) is 24.2 Å². The van der Waals surface area contributed by atoms with Gasteiger partial charge in [0.25, 0.3) is 0 Å². The molecule has 2 aliphatic rings. The zero-order valence-corrected chi connectivity index (χ0v) is 13.1. The van der Waals surface area contributed by atoms with Gasteiger partial charge in [-0.1, -0.05) is 11.8 Å². The standard InChI is InChI=1S/C15H22N4S/c1-15(2)12-17-14(20-15)19-9-7-18(8-10-19)11-13-3-5-16-6-4-13/h3-6H,7-12H2,1-2H3. The first kappa shape index (κ1) is 13.9. The Bertz CT molecular complexity index is 478. The van der Waals surface area contributed by atoms with Gasteiger partial charge in [0, 0.05) is 49.9 Å². The van der Waals surface area contributed by atoms with Crippen LogP contribution in [0.2, 0.25) is 0 Å². The van der Waals surface area contributed by atoms with Crippen LogP contribution >= 0.6 is 11.8 Å². The summed E-state index contributed by atoms with van der Waals surface area (Å²) in [5.74, 6) is 0. The van der Waals surface area contributed by atoms with Crippen molar-refractivity contribution in [1.82, 2.24) is 14.8 Å². The van der Waals surface area contributed by atoms with Gasteiger partial charge in [0.1, 0.15) is 0 Å². The van der Waals surface area contributed by atoms with Crippen LogP contribution in [0.15, 0.2) is 29.5 Å². The summed E-state index contributed by atoms with van der Waals surface area (Å²) in [6.45, 7) is 10.9. The minimum absolute atomic E-state index is 0.281. The van der Waals surface area contributed by atoms with E-state index in [0.29, 0.717) is 0 Å². The lowest BCUT2D eigenvalue weighted by atomic mass is 10.2. The first-order valence-electron chi connectivity index (χ1n) is 7.22. The average Bonchev–Trinajstić information content (AvgIpc) is 2.81. The second-order valence-electron chi connectivity index (χ2n) is 6.08. The summed E-state index contributed by atoms with van der Waals surface area (Å²) in [7, 11) is 0. The van der Waals surface area contributed by atoms with Gasteiger partial charge in [-0.05, 0) is 31.5 Å². The van der Waals surface area contributed by atoms with Crippen LogP contribution in [-0.4, -0.2) is 57.4 Å². The second kappa shape index (κ2) is 5.74. The monoisotopic (exact) mass is 290 g/mol. The zero-order chi connectivity index (χ0) is 14.0. The number of rotatable bonds is 2. The van der Waals surface area contributed by atoms with Crippen molar-refractivity contribution in [2.75, 3.05) is 32.7 Å². The van der Waals surface area contributed by atoms with Gasteiger partial charge in [-0.15, -0.1) is 0 Å². The molecular formula is C15H22N4S. The fraction of sp³-hybridized carbons (Fsp3) is 0.600. The van der Waals surface area contributed by atoms with Crippen molar-refractivity contribution in [3.8, 4) is 0 Å². The van der Waals surface area contributed by atoms with Crippen LogP contribution in [0.4, 0.5) is 0 Å². The van der Waals surface area contributed by atoms with Crippen molar-refractivity contribution in [2.24, 2.45) is 4.99 Å². The SMILES string of the molecule is CC1(C)CN=C(N2CCN(Cc3ccncc3)CC2)S1. The Morgan fingerprint density at radius 2 is 1.85 bits per heavy atom. The minimum Gasteiger partial charge on any atom is -0.349 e. The third-order valence-electron chi connectivity index (χ3n) is 3.76. The molecule has 0 unspecified atom stereocenters. The lowest BCUT2D eigenvalue weighted by Crippen LogP contribution is -2.47. The van der Waals surface area contributed by atoms with Crippen LogP contribution in [0.3, 0.4) is 0 Å². The molecule has 108 valence electrons. The van der Waals surface area contributed by atoms with Gasteiger partial charge in [0.2, 0.25) is 0 Å². The third kappa shape index (κ3) is 3.33. The maximum atomic E-state index is 4.70. The van der Waals surface area contributed by atoms with Crippen molar-refractivity contribution >= 4 is 16.9 Å². The van der Waals surface area contributed by atoms with Gasteiger partial charge in [0.05, 0.1) is 6.54 Å². The summed E-state index contributed by atoms with van der Waals surface area (Å²) in [4.78, 5) is 13.7. The maximum Gasteiger partial charge on any atom is 0.159 e. The van der Waals surface area contributed by atoms with Crippen LogP contribution in [0.5, 0.6) is 0 Å². The molecule has 1 saturated heterocycles. The molecule has 0 aromatic carbocycles. The molecule has 1 aromatic heterocycles. The van der Waals surface area contributed by atoms with Crippen LogP contribution in [0.25, 0.3) is 0 Å². The van der Waals surface area contributed by atoms with Crippen molar-refractivity contribution in [1.29, 1.82) is 0 Å². The molecular weight excluding hydrogens is 268 g/mol. The predicted octanol–water partition coefficient (Wildman–Crippen LogP) is 2.08. The summed E-state index contributed by atoms with van der Waals surface area (Å²) < 4.78 is 0.281. The predicted molar refractivity (Wildman–Crippen MR) is 85.1 cm³/mol. The molecule has 0 aliphatic carbocycles. The Kier molecular flexibility index (Phi) is 3.98. The molecule has 0 atom stereocenters. The highest BCUT2D eigenvalue weighted by Crippen LogP contribution is 2.33. The molecule has 0 spiro atoms. The van der Waals surface area contributed by atoms with Crippen LogP contribution in [0, 0.1) is 0 Å². The largest absolute Gasteiger partial charge is 0.349 e. The Morgan fingerprint density at radius 3 is 2.45 bits per heavy atom. The van der Waals surface area contributed by atoms with Crippen LogP contribution in [-0.2, 0) is 6.54 Å². The summed E-state index contributed by atoms with van der Waals surface area (Å²) in [6, 6.07) is 4.21. The van der Waals surface area contributed by atoms with Crippen LogP contribution in [0.1, 0.15) is 19.4 Å². The molecule has 0 saturated carbocycles. The first-order valence-corrected chi connectivity index (χ1v) is 8.04. The number of hydrogen-bond donors (Lipinski definition) is 0. The van der Waals surface area contributed by atoms with E-state index in [9.17, 15) is 0 Å². The Balaban J connectivity index is 1.50. The van der Waals surface area contributed by atoms with Gasteiger partial charge in [-0.2, -0.15) is 0 Å². The Labute approximate surface area is 125 Å². The molecule has 1 aromatic rings. The molecule has 2 aliphatic heterocycles. The van der Waals surface area contributed by atoms with Crippen LogP contribution < -0.4 is 0 Å².